The molecule has 0 radical (unpaired) electrons. The number of carbonyl (C=O) groups is 1. The number of aliphatic hydroxyl groups excluding tert-OH is 1. The van der Waals surface area contributed by atoms with E-state index in [0.29, 0.717) is 34.5 Å². The predicted molar refractivity (Wildman–Crippen MR) is 131 cm³/mol. The second-order valence-corrected chi connectivity index (χ2v) is 8.48. The Bertz CT molecular complexity index is 1270. The maximum atomic E-state index is 11.8. The highest BCUT2D eigenvalue weighted by atomic mass is 16.6. The first-order valence-electron chi connectivity index (χ1n) is 11.4. The summed E-state index contributed by atoms with van der Waals surface area (Å²) in [6.45, 7) is 1.27. The molecule has 196 valence electrons. The van der Waals surface area contributed by atoms with Gasteiger partial charge in [0.15, 0.2) is 53.7 Å². The molecule has 4 rings (SSSR count). The Labute approximate surface area is 213 Å². The molecule has 4 atom stereocenters. The van der Waals surface area contributed by atoms with Crippen molar-refractivity contribution in [1.82, 2.24) is 0 Å². The van der Waals surface area contributed by atoms with E-state index < -0.39 is 24.4 Å². The number of phenols is 3. The summed E-state index contributed by atoms with van der Waals surface area (Å²) in [5.41, 5.74) is 1.47. The molecule has 0 fully saturated rings. The van der Waals surface area contributed by atoms with Gasteiger partial charge in [0.25, 0.3) is 0 Å². The number of ether oxygens (including phenoxy) is 5. The number of methoxy groups -OCH3 is 2. The highest BCUT2D eigenvalue weighted by molar-refractivity contribution is 5.59. The number of aliphatic hydroxyl groups is 1. The molecule has 37 heavy (non-hydrogen) atoms. The average Bonchev–Trinajstić information content (AvgIpc) is 2.90. The second-order valence-electron chi connectivity index (χ2n) is 8.48. The van der Waals surface area contributed by atoms with Crippen LogP contribution in [0, 0.1) is 6.92 Å². The molecule has 0 amide bonds. The molecule has 10 heteroatoms. The van der Waals surface area contributed by atoms with Gasteiger partial charge in [-0.3, -0.25) is 0 Å². The third kappa shape index (κ3) is 5.20. The maximum Gasteiger partial charge on any atom is 0.163 e. The summed E-state index contributed by atoms with van der Waals surface area (Å²) in [6, 6.07) is 12.1. The van der Waals surface area contributed by atoms with Crippen LogP contribution < -0.4 is 18.9 Å². The van der Waals surface area contributed by atoms with Gasteiger partial charge < -0.3 is 48.9 Å². The molecule has 3 aromatic carbocycles. The fourth-order valence-electron chi connectivity index (χ4n) is 4.11. The van der Waals surface area contributed by atoms with Crippen LogP contribution in [-0.2, 0) is 9.53 Å². The third-order valence-electron chi connectivity index (χ3n) is 6.15. The molecule has 0 bridgehead atoms. The Hall–Kier alpha value is -4.15. The highest BCUT2D eigenvalue weighted by Gasteiger charge is 2.35. The normalized spacial score (nSPS) is 18.1. The van der Waals surface area contributed by atoms with Gasteiger partial charge in [-0.25, -0.2) is 0 Å². The zero-order valence-corrected chi connectivity index (χ0v) is 20.5. The van der Waals surface area contributed by atoms with E-state index in [0.717, 1.165) is 0 Å². The Kier molecular flexibility index (Phi) is 7.61. The lowest BCUT2D eigenvalue weighted by atomic mass is 10.0. The highest BCUT2D eigenvalue weighted by Crippen LogP contribution is 2.43. The number of hydrogen-bond acceptors (Lipinski definition) is 10. The Morgan fingerprint density at radius 2 is 1.73 bits per heavy atom. The molecule has 0 aliphatic carbocycles. The van der Waals surface area contributed by atoms with Crippen molar-refractivity contribution in [2.75, 3.05) is 20.8 Å². The van der Waals surface area contributed by atoms with Gasteiger partial charge in [-0.2, -0.15) is 0 Å². The van der Waals surface area contributed by atoms with E-state index in [1.165, 1.54) is 32.4 Å². The van der Waals surface area contributed by atoms with Gasteiger partial charge in [-0.15, -0.1) is 0 Å². The first kappa shape index (κ1) is 25.9. The minimum absolute atomic E-state index is 0.0426. The first-order valence-corrected chi connectivity index (χ1v) is 11.4. The van der Waals surface area contributed by atoms with Gasteiger partial charge in [-0.05, 0) is 36.8 Å². The summed E-state index contributed by atoms with van der Waals surface area (Å²) >= 11 is 0. The second kappa shape index (κ2) is 10.9. The van der Waals surface area contributed by atoms with Crippen molar-refractivity contribution >= 4 is 6.29 Å². The van der Waals surface area contributed by atoms with Crippen molar-refractivity contribution in [3.05, 3.63) is 65.2 Å². The molecule has 4 unspecified atom stereocenters. The Morgan fingerprint density at radius 3 is 2.41 bits per heavy atom. The van der Waals surface area contributed by atoms with E-state index in [4.69, 9.17) is 23.7 Å². The number of hydrogen-bond donors (Lipinski definition) is 4. The summed E-state index contributed by atoms with van der Waals surface area (Å²) in [5, 5.41) is 39.9. The lowest BCUT2D eigenvalue weighted by molar-refractivity contribution is -0.122. The first-order chi connectivity index (χ1) is 17.8. The van der Waals surface area contributed by atoms with Gasteiger partial charge in [0, 0.05) is 30.4 Å². The molecule has 0 saturated carbocycles. The monoisotopic (exact) mass is 512 g/mol. The van der Waals surface area contributed by atoms with E-state index in [-0.39, 0.29) is 35.4 Å². The number of rotatable bonds is 9. The summed E-state index contributed by atoms with van der Waals surface area (Å²) in [4.78, 5) is 11.8. The van der Waals surface area contributed by atoms with Gasteiger partial charge in [0.05, 0.1) is 13.7 Å². The van der Waals surface area contributed by atoms with E-state index in [1.54, 1.807) is 37.3 Å². The van der Waals surface area contributed by atoms with Crippen LogP contribution in [0.1, 0.15) is 28.9 Å². The van der Waals surface area contributed by atoms with Crippen LogP contribution >= 0.6 is 0 Å². The molecule has 4 N–H and O–H groups in total. The number of benzene rings is 3. The number of carbonyl (C=O) groups excluding carboxylic acids is 1. The molecular formula is C27H28O10. The third-order valence-corrected chi connectivity index (χ3v) is 6.15. The summed E-state index contributed by atoms with van der Waals surface area (Å²) in [6.07, 6.45) is -2.89. The van der Waals surface area contributed by atoms with Gasteiger partial charge in [0.1, 0.15) is 17.2 Å². The number of fused-ring (bicyclic) bond motifs is 1. The van der Waals surface area contributed by atoms with Crippen LogP contribution in [0.3, 0.4) is 0 Å². The van der Waals surface area contributed by atoms with Crippen molar-refractivity contribution in [1.29, 1.82) is 0 Å². The molecule has 10 nitrogen and oxygen atoms in total. The van der Waals surface area contributed by atoms with Gasteiger partial charge in [-0.1, -0.05) is 12.1 Å². The van der Waals surface area contributed by atoms with Crippen LogP contribution in [0.15, 0.2) is 48.5 Å². The zero-order chi connectivity index (χ0) is 26.7. The summed E-state index contributed by atoms with van der Waals surface area (Å²) in [5.74, 6) is 0.678. The van der Waals surface area contributed by atoms with Crippen LogP contribution in [0.25, 0.3) is 0 Å². The Morgan fingerprint density at radius 1 is 0.946 bits per heavy atom. The van der Waals surface area contributed by atoms with Crippen LogP contribution in [0.4, 0.5) is 0 Å². The fourth-order valence-corrected chi connectivity index (χ4v) is 4.11. The standard InChI is InChI=1S/C27H28O10/c1-14-19(32)10-17(30)11-21(14)36-26(24(12-28)34-3)16-5-7-20-23(9-16)37-27(25(13-29)35-20)15-4-6-18(31)22(8-15)33-2/h4-12,24-27,29-32H,13H2,1-3H3. The molecule has 1 aliphatic rings. The molecule has 3 aromatic rings. The van der Waals surface area contributed by atoms with Crippen molar-refractivity contribution < 1.29 is 48.9 Å². The molecular weight excluding hydrogens is 484 g/mol. The zero-order valence-electron chi connectivity index (χ0n) is 20.5. The van der Waals surface area contributed by atoms with Gasteiger partial charge in [0.2, 0.25) is 0 Å². The largest absolute Gasteiger partial charge is 0.508 e. The SMILES string of the molecule is COc1cc(C2Oc3cc(C(Oc4cc(O)cc(O)c4C)C(C=O)OC)ccc3OC2CO)ccc1O. The molecule has 0 spiro atoms. The lowest BCUT2D eigenvalue weighted by Gasteiger charge is -2.34. The van der Waals surface area contributed by atoms with E-state index in [1.807, 2.05) is 0 Å². The molecule has 0 aromatic heterocycles. The van der Waals surface area contributed by atoms with Crippen LogP contribution in [-0.4, -0.2) is 59.7 Å². The topological polar surface area (TPSA) is 144 Å². The van der Waals surface area contributed by atoms with E-state index in [9.17, 15) is 25.2 Å². The number of aromatic hydroxyl groups is 3. The Balaban J connectivity index is 1.72. The van der Waals surface area contributed by atoms with Crippen molar-refractivity contribution in [3.8, 4) is 40.2 Å². The summed E-state index contributed by atoms with van der Waals surface area (Å²) in [7, 11) is 2.79. The minimum Gasteiger partial charge on any atom is -0.508 e. The molecule has 0 saturated heterocycles. The van der Waals surface area contributed by atoms with E-state index in [2.05, 4.69) is 0 Å². The predicted octanol–water partition coefficient (Wildman–Crippen LogP) is 3.33. The molecule has 1 heterocycles. The van der Waals surface area contributed by atoms with Crippen LogP contribution in [0.2, 0.25) is 0 Å². The smallest absolute Gasteiger partial charge is 0.163 e. The van der Waals surface area contributed by atoms with Gasteiger partial charge >= 0.3 is 0 Å². The van der Waals surface area contributed by atoms with Crippen molar-refractivity contribution in [2.45, 2.75) is 31.3 Å². The van der Waals surface area contributed by atoms with Crippen LogP contribution in [0.5, 0.6) is 40.2 Å². The summed E-state index contributed by atoms with van der Waals surface area (Å²) < 4.78 is 28.8. The van der Waals surface area contributed by atoms with Crippen molar-refractivity contribution in [3.63, 3.8) is 0 Å². The fraction of sp³-hybridized carbons (Fsp3) is 0.296. The van der Waals surface area contributed by atoms with E-state index >= 15 is 0 Å². The van der Waals surface area contributed by atoms with Crippen molar-refractivity contribution in [2.24, 2.45) is 0 Å². The quantitative estimate of drug-likeness (QED) is 0.315. The number of aldehydes is 1. The number of phenolic OH excluding ortho intramolecular Hbond substituents is 3. The minimum atomic E-state index is -1.03. The maximum absolute atomic E-state index is 11.8. The molecule has 1 aliphatic heterocycles. The lowest BCUT2D eigenvalue weighted by Crippen LogP contribution is -2.36. The average molecular weight is 513 g/mol.